The quantitative estimate of drug-likeness (QED) is 0.726. The lowest BCUT2D eigenvalue weighted by Gasteiger charge is -2.26. The zero-order valence-electron chi connectivity index (χ0n) is 11.5. The van der Waals surface area contributed by atoms with Crippen LogP contribution in [0.5, 0.6) is 0 Å². The molecule has 0 unspecified atom stereocenters. The minimum Gasteiger partial charge on any atom is -0.349 e. The third-order valence-electron chi connectivity index (χ3n) is 3.59. The lowest BCUT2D eigenvalue weighted by Crippen LogP contribution is -2.38. The number of thioether (sulfide) groups is 1. The third-order valence-corrected chi connectivity index (χ3v) is 4.72. The number of urea groups is 1. The molecule has 0 aromatic heterocycles. The second-order valence-corrected chi connectivity index (χ2v) is 6.30. The van der Waals surface area contributed by atoms with E-state index in [2.05, 4.69) is 16.0 Å². The van der Waals surface area contributed by atoms with Crippen LogP contribution in [0.4, 0.5) is 9.18 Å². The average molecular weight is 323 g/mol. The van der Waals surface area contributed by atoms with Gasteiger partial charge in [0.1, 0.15) is 11.9 Å². The summed E-state index contributed by atoms with van der Waals surface area (Å²) in [7, 11) is 0. The van der Waals surface area contributed by atoms with Crippen LogP contribution in [0.1, 0.15) is 24.4 Å². The Morgan fingerprint density at radius 3 is 2.95 bits per heavy atom. The van der Waals surface area contributed by atoms with Gasteiger partial charge < -0.3 is 10.6 Å². The van der Waals surface area contributed by atoms with Crippen molar-refractivity contribution in [2.75, 3.05) is 5.75 Å². The number of nitrogens with one attached hydrogen (secondary N) is 3. The molecule has 2 aliphatic heterocycles. The summed E-state index contributed by atoms with van der Waals surface area (Å²) in [5.74, 6) is -0.382. The van der Waals surface area contributed by atoms with Crippen LogP contribution in [-0.2, 0) is 9.59 Å². The maximum absolute atomic E-state index is 13.4. The summed E-state index contributed by atoms with van der Waals surface area (Å²) in [5, 5.41) is 7.27. The number of hydrogen-bond acceptors (Lipinski definition) is 4. The second kappa shape index (κ2) is 5.96. The Kier molecular flexibility index (Phi) is 4.02. The molecule has 6 nitrogen and oxygen atoms in total. The van der Waals surface area contributed by atoms with E-state index < -0.39 is 18.0 Å². The molecule has 0 bridgehead atoms. The number of fused-ring (bicyclic) bond motifs is 1. The molecule has 2 heterocycles. The summed E-state index contributed by atoms with van der Waals surface area (Å²) in [4.78, 5) is 35.5. The molecule has 1 saturated heterocycles. The fourth-order valence-electron chi connectivity index (χ4n) is 2.56. The van der Waals surface area contributed by atoms with Crippen molar-refractivity contribution in [2.24, 2.45) is 0 Å². The molecule has 1 aromatic carbocycles. The first kappa shape index (κ1) is 14.8. The average Bonchev–Trinajstić information content (AvgIpc) is 2.77. The molecule has 1 aromatic rings. The van der Waals surface area contributed by atoms with Crippen LogP contribution in [0.2, 0.25) is 0 Å². The zero-order chi connectivity index (χ0) is 15.7. The fourth-order valence-corrected chi connectivity index (χ4v) is 3.66. The highest BCUT2D eigenvalue weighted by atomic mass is 32.2. The predicted molar refractivity (Wildman–Crippen MR) is 77.7 cm³/mol. The molecule has 0 spiro atoms. The molecule has 0 radical (unpaired) electrons. The topological polar surface area (TPSA) is 87.3 Å². The van der Waals surface area contributed by atoms with E-state index in [9.17, 15) is 18.8 Å². The number of rotatable bonds is 3. The third kappa shape index (κ3) is 3.06. The van der Waals surface area contributed by atoms with Crippen LogP contribution in [0.25, 0.3) is 0 Å². The van der Waals surface area contributed by atoms with Gasteiger partial charge in [-0.15, -0.1) is 11.8 Å². The van der Waals surface area contributed by atoms with Gasteiger partial charge in [0, 0.05) is 10.6 Å². The predicted octanol–water partition coefficient (Wildman–Crippen LogP) is 1.08. The van der Waals surface area contributed by atoms with E-state index in [1.807, 2.05) is 0 Å². The SMILES string of the molecule is O=C(C[C@H]1NC(=O)NC1=O)N[C@@H]1CCSc2ccc(F)cc21. The Labute approximate surface area is 130 Å². The Morgan fingerprint density at radius 1 is 1.41 bits per heavy atom. The standard InChI is InChI=1S/C14H14FN3O3S/c15-7-1-2-11-8(5-7)9(3-4-22-11)16-12(19)6-10-13(20)18-14(21)17-10/h1-2,5,9-10H,3-4,6H2,(H,16,19)(H2,17,18,20,21)/t9-,10-/m1/s1. The van der Waals surface area contributed by atoms with Gasteiger partial charge in [0.05, 0.1) is 12.5 Å². The van der Waals surface area contributed by atoms with E-state index >= 15 is 0 Å². The Bertz CT molecular complexity index is 652. The van der Waals surface area contributed by atoms with E-state index in [1.165, 1.54) is 12.1 Å². The van der Waals surface area contributed by atoms with Gasteiger partial charge in [0.15, 0.2) is 0 Å². The first-order chi connectivity index (χ1) is 10.5. The Balaban J connectivity index is 1.67. The van der Waals surface area contributed by atoms with Gasteiger partial charge in [-0.25, -0.2) is 9.18 Å². The van der Waals surface area contributed by atoms with Gasteiger partial charge in [-0.1, -0.05) is 0 Å². The number of amides is 4. The van der Waals surface area contributed by atoms with Gasteiger partial charge in [-0.05, 0) is 30.2 Å². The van der Waals surface area contributed by atoms with E-state index in [0.29, 0.717) is 6.42 Å². The molecule has 0 aliphatic carbocycles. The van der Waals surface area contributed by atoms with Crippen LogP contribution in [0.15, 0.2) is 23.1 Å². The minimum absolute atomic E-state index is 0.133. The molecule has 3 N–H and O–H groups in total. The van der Waals surface area contributed by atoms with Crippen molar-refractivity contribution in [1.82, 2.24) is 16.0 Å². The Morgan fingerprint density at radius 2 is 2.23 bits per heavy atom. The van der Waals surface area contributed by atoms with E-state index in [1.54, 1.807) is 17.8 Å². The largest absolute Gasteiger partial charge is 0.349 e. The van der Waals surface area contributed by atoms with Crippen LogP contribution in [0.3, 0.4) is 0 Å². The molecule has 116 valence electrons. The molecule has 22 heavy (non-hydrogen) atoms. The monoisotopic (exact) mass is 323 g/mol. The first-order valence-corrected chi connectivity index (χ1v) is 7.84. The summed E-state index contributed by atoms with van der Waals surface area (Å²) < 4.78 is 13.4. The van der Waals surface area contributed by atoms with Crippen molar-refractivity contribution in [3.05, 3.63) is 29.6 Å². The molecule has 4 amide bonds. The van der Waals surface area contributed by atoms with Gasteiger partial charge in [0.2, 0.25) is 5.91 Å². The first-order valence-electron chi connectivity index (χ1n) is 6.86. The van der Waals surface area contributed by atoms with Crippen LogP contribution < -0.4 is 16.0 Å². The lowest BCUT2D eigenvalue weighted by molar-refractivity contribution is -0.126. The molecule has 3 rings (SSSR count). The van der Waals surface area contributed by atoms with Gasteiger partial charge in [-0.3, -0.25) is 14.9 Å². The van der Waals surface area contributed by atoms with Crippen LogP contribution >= 0.6 is 11.8 Å². The Hall–Kier alpha value is -2.09. The van der Waals surface area contributed by atoms with Gasteiger partial charge in [-0.2, -0.15) is 0 Å². The van der Waals surface area contributed by atoms with E-state index in [-0.39, 0.29) is 24.2 Å². The molecule has 2 atom stereocenters. The maximum Gasteiger partial charge on any atom is 0.322 e. The number of imide groups is 1. The zero-order valence-corrected chi connectivity index (χ0v) is 12.3. The van der Waals surface area contributed by atoms with Crippen molar-refractivity contribution < 1.29 is 18.8 Å². The molecular formula is C14H14FN3O3S. The highest BCUT2D eigenvalue weighted by Gasteiger charge is 2.32. The second-order valence-electron chi connectivity index (χ2n) is 5.16. The van der Waals surface area contributed by atoms with Gasteiger partial charge >= 0.3 is 6.03 Å². The summed E-state index contributed by atoms with van der Waals surface area (Å²) in [6.45, 7) is 0. The summed E-state index contributed by atoms with van der Waals surface area (Å²) >= 11 is 1.62. The van der Waals surface area contributed by atoms with Crippen LogP contribution in [-0.4, -0.2) is 29.6 Å². The minimum atomic E-state index is -0.850. The van der Waals surface area contributed by atoms with Gasteiger partial charge in [0.25, 0.3) is 5.91 Å². The summed E-state index contributed by atoms with van der Waals surface area (Å²) in [5.41, 5.74) is 0.754. The molecule has 2 aliphatic rings. The molecule has 0 saturated carbocycles. The molecule has 8 heteroatoms. The van der Waals surface area contributed by atoms with E-state index in [0.717, 1.165) is 16.2 Å². The number of carbonyl (C=O) groups excluding carboxylic acids is 3. The maximum atomic E-state index is 13.4. The van der Waals surface area contributed by atoms with Crippen molar-refractivity contribution in [2.45, 2.75) is 29.8 Å². The molecule has 1 fully saturated rings. The summed E-state index contributed by atoms with van der Waals surface area (Å²) in [6, 6.07) is 2.81. The number of halogens is 1. The number of benzene rings is 1. The van der Waals surface area contributed by atoms with Crippen LogP contribution in [0, 0.1) is 5.82 Å². The smallest absolute Gasteiger partial charge is 0.322 e. The highest BCUT2D eigenvalue weighted by molar-refractivity contribution is 7.99. The normalized spacial score (nSPS) is 23.5. The lowest BCUT2D eigenvalue weighted by atomic mass is 10.0. The van der Waals surface area contributed by atoms with Crippen molar-refractivity contribution in [1.29, 1.82) is 0 Å². The van der Waals surface area contributed by atoms with Crippen molar-refractivity contribution in [3.63, 3.8) is 0 Å². The molecular weight excluding hydrogens is 309 g/mol. The van der Waals surface area contributed by atoms with Crippen molar-refractivity contribution in [3.8, 4) is 0 Å². The fraction of sp³-hybridized carbons (Fsp3) is 0.357. The summed E-state index contributed by atoms with van der Waals surface area (Å²) in [6.07, 6.45) is 0.557. The highest BCUT2D eigenvalue weighted by Crippen LogP contribution is 2.36. The number of hydrogen-bond donors (Lipinski definition) is 3. The van der Waals surface area contributed by atoms with Crippen molar-refractivity contribution >= 4 is 29.6 Å². The number of carbonyl (C=O) groups is 3. The van der Waals surface area contributed by atoms with E-state index in [4.69, 9.17) is 0 Å².